The lowest BCUT2D eigenvalue weighted by Crippen LogP contribution is -2.32. The Balaban J connectivity index is 1.56. The molecule has 7 heteroatoms. The zero-order chi connectivity index (χ0) is 19.9. The number of carbonyl (C=O) groups excluding carboxylic acids is 3. The highest BCUT2D eigenvalue weighted by atomic mass is 16.5. The average Bonchev–Trinajstić information content (AvgIpc) is 2.73. The minimum absolute atomic E-state index is 0.401. The number of anilines is 1. The largest absolute Gasteiger partial charge is 0.465 e. The smallest absolute Gasteiger partial charge is 0.337 e. The molecule has 0 saturated heterocycles. The molecule has 3 rings (SSSR count). The van der Waals surface area contributed by atoms with Crippen LogP contribution in [0.25, 0.3) is 10.8 Å². The maximum atomic E-state index is 12.0. The monoisotopic (exact) mass is 375 g/mol. The zero-order valence-electron chi connectivity index (χ0n) is 15.0. The van der Waals surface area contributed by atoms with E-state index in [2.05, 4.69) is 20.6 Å². The summed E-state index contributed by atoms with van der Waals surface area (Å²) < 4.78 is 4.61. The lowest BCUT2D eigenvalue weighted by atomic mass is 10.1. The Morgan fingerprint density at radius 2 is 1.61 bits per heavy atom. The van der Waals surface area contributed by atoms with Gasteiger partial charge in [0.2, 0.25) is 0 Å². The molecule has 3 aromatic rings. The number of hydrazone groups is 1. The molecule has 0 aliphatic carbocycles. The van der Waals surface area contributed by atoms with Gasteiger partial charge < -0.3 is 10.1 Å². The fraction of sp³-hybridized carbons (Fsp3) is 0.0476. The number of carbonyl (C=O) groups is 3. The quantitative estimate of drug-likeness (QED) is 0.317. The fourth-order valence-corrected chi connectivity index (χ4v) is 2.49. The van der Waals surface area contributed by atoms with Crippen LogP contribution >= 0.6 is 0 Å². The van der Waals surface area contributed by atoms with Gasteiger partial charge in [-0.2, -0.15) is 5.10 Å². The van der Waals surface area contributed by atoms with Gasteiger partial charge in [0.05, 0.1) is 18.9 Å². The zero-order valence-corrected chi connectivity index (χ0v) is 15.0. The summed E-state index contributed by atoms with van der Waals surface area (Å²) in [6, 6.07) is 19.5. The van der Waals surface area contributed by atoms with Crippen molar-refractivity contribution in [2.45, 2.75) is 0 Å². The van der Waals surface area contributed by atoms with Crippen molar-refractivity contribution in [1.82, 2.24) is 5.43 Å². The second kappa shape index (κ2) is 8.59. The SMILES string of the molecule is COC(=O)c1ccc(/C=N\NC(=O)C(=O)Nc2ccc3ccccc3c2)cc1. The average molecular weight is 375 g/mol. The lowest BCUT2D eigenvalue weighted by molar-refractivity contribution is -0.136. The molecule has 0 unspecified atom stereocenters. The van der Waals surface area contributed by atoms with Crippen LogP contribution in [0, 0.1) is 0 Å². The molecule has 0 fully saturated rings. The van der Waals surface area contributed by atoms with Crippen LogP contribution < -0.4 is 10.7 Å². The van der Waals surface area contributed by atoms with Crippen molar-refractivity contribution >= 4 is 40.5 Å². The van der Waals surface area contributed by atoms with Crippen molar-refractivity contribution in [3.05, 3.63) is 77.9 Å². The third-order valence-electron chi connectivity index (χ3n) is 3.93. The van der Waals surface area contributed by atoms with Crippen LogP contribution in [0.1, 0.15) is 15.9 Å². The van der Waals surface area contributed by atoms with Gasteiger partial charge in [0.15, 0.2) is 0 Å². The van der Waals surface area contributed by atoms with Gasteiger partial charge in [-0.1, -0.05) is 42.5 Å². The number of nitrogens with one attached hydrogen (secondary N) is 2. The highest BCUT2D eigenvalue weighted by molar-refractivity contribution is 6.39. The summed E-state index contributed by atoms with van der Waals surface area (Å²) in [5.41, 5.74) is 3.72. The van der Waals surface area contributed by atoms with E-state index in [-0.39, 0.29) is 0 Å². The number of hydrogen-bond donors (Lipinski definition) is 2. The number of nitrogens with zero attached hydrogens (tertiary/aromatic N) is 1. The number of benzene rings is 3. The van der Waals surface area contributed by atoms with E-state index in [9.17, 15) is 14.4 Å². The topological polar surface area (TPSA) is 96.9 Å². The van der Waals surface area contributed by atoms with E-state index in [0.29, 0.717) is 16.8 Å². The van der Waals surface area contributed by atoms with Gasteiger partial charge in [0.1, 0.15) is 0 Å². The molecule has 0 aromatic heterocycles. The molecule has 0 aliphatic heterocycles. The van der Waals surface area contributed by atoms with Gasteiger partial charge in [0, 0.05) is 5.69 Å². The first-order chi connectivity index (χ1) is 13.6. The van der Waals surface area contributed by atoms with Crippen LogP contribution in [0.2, 0.25) is 0 Å². The van der Waals surface area contributed by atoms with Crippen LogP contribution in [-0.4, -0.2) is 31.1 Å². The predicted octanol–water partition coefficient (Wildman–Crippen LogP) is 2.72. The van der Waals surface area contributed by atoms with E-state index in [1.165, 1.54) is 13.3 Å². The summed E-state index contributed by atoms with van der Waals surface area (Å²) >= 11 is 0. The van der Waals surface area contributed by atoms with E-state index >= 15 is 0 Å². The number of esters is 1. The first-order valence-corrected chi connectivity index (χ1v) is 8.38. The molecule has 2 amide bonds. The molecule has 3 aromatic carbocycles. The minimum Gasteiger partial charge on any atom is -0.465 e. The number of methoxy groups -OCH3 is 1. The van der Waals surface area contributed by atoms with Crippen molar-refractivity contribution < 1.29 is 19.1 Å². The Morgan fingerprint density at radius 1 is 0.893 bits per heavy atom. The Bertz CT molecular complexity index is 1060. The van der Waals surface area contributed by atoms with Crippen LogP contribution in [0.4, 0.5) is 5.69 Å². The van der Waals surface area contributed by atoms with Crippen LogP contribution in [0.5, 0.6) is 0 Å². The summed E-state index contributed by atoms with van der Waals surface area (Å²) in [4.78, 5) is 35.2. The van der Waals surface area contributed by atoms with E-state index in [1.54, 1.807) is 36.4 Å². The summed E-state index contributed by atoms with van der Waals surface area (Å²) in [6.07, 6.45) is 1.36. The molecule has 0 spiro atoms. The van der Waals surface area contributed by atoms with Crippen molar-refractivity contribution in [3.63, 3.8) is 0 Å². The predicted molar refractivity (Wildman–Crippen MR) is 106 cm³/mol. The maximum Gasteiger partial charge on any atom is 0.337 e. The van der Waals surface area contributed by atoms with E-state index in [4.69, 9.17) is 0 Å². The standard InChI is InChI=1S/C21H17N3O4/c1-28-21(27)16-8-6-14(7-9-16)13-22-24-20(26)19(25)23-18-11-10-15-4-2-3-5-17(15)12-18/h2-13H,1H3,(H,23,25)(H,24,26)/b22-13-. The Kier molecular flexibility index (Phi) is 5.76. The molecule has 7 nitrogen and oxygen atoms in total. The summed E-state index contributed by atoms with van der Waals surface area (Å²) in [5.74, 6) is -2.16. The van der Waals surface area contributed by atoms with Gasteiger partial charge in [-0.25, -0.2) is 10.2 Å². The number of hydrogen-bond acceptors (Lipinski definition) is 5. The second-order valence-electron chi connectivity index (χ2n) is 5.83. The van der Waals surface area contributed by atoms with Gasteiger partial charge in [-0.15, -0.1) is 0 Å². The summed E-state index contributed by atoms with van der Waals surface area (Å²) in [6.45, 7) is 0. The molecule has 28 heavy (non-hydrogen) atoms. The number of ether oxygens (including phenoxy) is 1. The number of amides is 2. The maximum absolute atomic E-state index is 12.0. The Morgan fingerprint density at radius 3 is 2.32 bits per heavy atom. The molecule has 0 radical (unpaired) electrons. The molecule has 0 heterocycles. The van der Waals surface area contributed by atoms with Gasteiger partial charge in [-0.05, 0) is 40.6 Å². The first kappa shape index (κ1) is 18.8. The van der Waals surface area contributed by atoms with Crippen molar-refractivity contribution in [1.29, 1.82) is 0 Å². The Hall–Kier alpha value is -4.00. The number of fused-ring (bicyclic) bond motifs is 1. The molecular formula is C21H17N3O4. The first-order valence-electron chi connectivity index (χ1n) is 8.38. The molecule has 0 atom stereocenters. The van der Waals surface area contributed by atoms with Gasteiger partial charge >= 0.3 is 17.8 Å². The van der Waals surface area contributed by atoms with Gasteiger partial charge in [-0.3, -0.25) is 9.59 Å². The van der Waals surface area contributed by atoms with E-state index in [0.717, 1.165) is 10.8 Å². The van der Waals surface area contributed by atoms with Crippen molar-refractivity contribution in [2.75, 3.05) is 12.4 Å². The van der Waals surface area contributed by atoms with Crippen LogP contribution in [0.3, 0.4) is 0 Å². The molecule has 2 N–H and O–H groups in total. The molecular weight excluding hydrogens is 358 g/mol. The molecule has 0 bridgehead atoms. The van der Waals surface area contributed by atoms with Crippen molar-refractivity contribution in [3.8, 4) is 0 Å². The molecule has 0 saturated carbocycles. The van der Waals surface area contributed by atoms with Gasteiger partial charge in [0.25, 0.3) is 0 Å². The molecule has 0 aliphatic rings. The highest BCUT2D eigenvalue weighted by Crippen LogP contribution is 2.18. The fourth-order valence-electron chi connectivity index (χ4n) is 2.49. The second-order valence-corrected chi connectivity index (χ2v) is 5.83. The molecule has 140 valence electrons. The van der Waals surface area contributed by atoms with Crippen LogP contribution in [0.15, 0.2) is 71.8 Å². The normalized spacial score (nSPS) is 10.6. The summed E-state index contributed by atoms with van der Waals surface area (Å²) in [7, 11) is 1.30. The minimum atomic E-state index is -0.893. The Labute approximate surface area is 161 Å². The van der Waals surface area contributed by atoms with E-state index < -0.39 is 17.8 Å². The lowest BCUT2D eigenvalue weighted by Gasteiger charge is -2.05. The third-order valence-corrected chi connectivity index (χ3v) is 3.93. The number of rotatable bonds is 4. The third kappa shape index (κ3) is 4.59. The van der Waals surface area contributed by atoms with E-state index in [1.807, 2.05) is 30.3 Å². The van der Waals surface area contributed by atoms with Crippen LogP contribution in [-0.2, 0) is 14.3 Å². The van der Waals surface area contributed by atoms with Crippen molar-refractivity contribution in [2.24, 2.45) is 5.10 Å². The highest BCUT2D eigenvalue weighted by Gasteiger charge is 2.13. The summed E-state index contributed by atoms with van der Waals surface area (Å²) in [5, 5.41) is 8.27.